The molecule has 0 aromatic heterocycles. The van der Waals surface area contributed by atoms with Crippen LogP contribution in [0.15, 0.2) is 29.2 Å². The van der Waals surface area contributed by atoms with E-state index in [4.69, 9.17) is 11.6 Å². The number of carbonyl (C=O) groups is 1. The maximum atomic E-state index is 12.8. The van der Waals surface area contributed by atoms with Crippen LogP contribution in [0, 0.1) is 5.92 Å². The summed E-state index contributed by atoms with van der Waals surface area (Å²) in [7, 11) is -3.69. The minimum absolute atomic E-state index is 0.00295. The minimum atomic E-state index is -3.69. The van der Waals surface area contributed by atoms with Crippen LogP contribution < -0.4 is 5.32 Å². The maximum Gasteiger partial charge on any atom is 0.243 e. The van der Waals surface area contributed by atoms with Crippen LogP contribution in [0.3, 0.4) is 0 Å². The summed E-state index contributed by atoms with van der Waals surface area (Å²) in [5, 5.41) is 3.40. The first-order valence-electron chi connectivity index (χ1n) is 7.81. The van der Waals surface area contributed by atoms with Gasteiger partial charge < -0.3 is 5.32 Å². The molecule has 23 heavy (non-hydrogen) atoms. The molecule has 1 aromatic carbocycles. The summed E-state index contributed by atoms with van der Waals surface area (Å²) in [6, 6.07) is 5.39. The molecule has 1 aliphatic rings. The molecule has 2 rings (SSSR count). The van der Waals surface area contributed by atoms with Gasteiger partial charge in [0.15, 0.2) is 0 Å². The molecule has 128 valence electrons. The molecule has 0 spiro atoms. The minimum Gasteiger partial charge on any atom is -0.352 e. The van der Waals surface area contributed by atoms with Crippen LogP contribution in [0.25, 0.3) is 0 Å². The molecular weight excluding hydrogens is 336 g/mol. The van der Waals surface area contributed by atoms with Crippen molar-refractivity contribution in [3.63, 3.8) is 0 Å². The van der Waals surface area contributed by atoms with Crippen molar-refractivity contribution < 1.29 is 13.2 Å². The van der Waals surface area contributed by atoms with Gasteiger partial charge in [-0.25, -0.2) is 8.42 Å². The Kier molecular flexibility index (Phi) is 5.70. The smallest absolute Gasteiger partial charge is 0.243 e. The van der Waals surface area contributed by atoms with Gasteiger partial charge in [-0.1, -0.05) is 25.4 Å². The standard InChI is InChI=1S/C16H23ClN2O3S/c1-11(2)12(3)18-16(20)15-5-4-10-19(15)23(21,22)14-8-6-13(17)7-9-14/h6-9,11-12,15H,4-5,10H2,1-3H3,(H,18,20). The highest BCUT2D eigenvalue weighted by molar-refractivity contribution is 7.89. The molecule has 0 aliphatic carbocycles. The van der Waals surface area contributed by atoms with Gasteiger partial charge >= 0.3 is 0 Å². The number of hydrogen-bond acceptors (Lipinski definition) is 3. The first kappa shape index (κ1) is 18.2. The van der Waals surface area contributed by atoms with E-state index < -0.39 is 16.1 Å². The molecule has 2 unspecified atom stereocenters. The van der Waals surface area contributed by atoms with E-state index in [0.29, 0.717) is 30.3 Å². The quantitative estimate of drug-likeness (QED) is 0.879. The second-order valence-electron chi connectivity index (χ2n) is 6.27. The predicted molar refractivity (Wildman–Crippen MR) is 90.8 cm³/mol. The van der Waals surface area contributed by atoms with Gasteiger partial charge in [0.25, 0.3) is 0 Å². The summed E-state index contributed by atoms with van der Waals surface area (Å²) in [6.07, 6.45) is 1.23. The molecule has 7 heteroatoms. The average Bonchev–Trinajstić information content (AvgIpc) is 2.97. The Morgan fingerprint density at radius 1 is 1.26 bits per heavy atom. The van der Waals surface area contributed by atoms with Crippen molar-refractivity contribution in [2.75, 3.05) is 6.54 Å². The molecule has 1 heterocycles. The van der Waals surface area contributed by atoms with Crippen LogP contribution in [-0.4, -0.2) is 37.3 Å². The molecule has 0 bridgehead atoms. The Morgan fingerprint density at radius 3 is 2.43 bits per heavy atom. The summed E-state index contributed by atoms with van der Waals surface area (Å²) in [5.41, 5.74) is 0. The summed E-state index contributed by atoms with van der Waals surface area (Å²) >= 11 is 5.81. The van der Waals surface area contributed by atoms with Crippen LogP contribution in [0.5, 0.6) is 0 Å². The summed E-state index contributed by atoms with van der Waals surface area (Å²) in [6.45, 7) is 6.32. The molecule has 1 fully saturated rings. The first-order valence-corrected chi connectivity index (χ1v) is 9.63. The zero-order valence-corrected chi connectivity index (χ0v) is 15.2. The lowest BCUT2D eigenvalue weighted by Crippen LogP contribution is -2.49. The SMILES string of the molecule is CC(C)C(C)NC(=O)C1CCCN1S(=O)(=O)c1ccc(Cl)cc1. The number of rotatable bonds is 5. The van der Waals surface area contributed by atoms with E-state index in [9.17, 15) is 13.2 Å². The third kappa shape index (κ3) is 4.05. The number of carbonyl (C=O) groups excluding carboxylic acids is 1. The fraction of sp³-hybridized carbons (Fsp3) is 0.562. The molecule has 0 saturated carbocycles. The lowest BCUT2D eigenvalue weighted by atomic mass is 10.1. The number of halogens is 1. The van der Waals surface area contributed by atoms with Crippen LogP contribution >= 0.6 is 11.6 Å². The molecule has 1 saturated heterocycles. The average molecular weight is 359 g/mol. The maximum absolute atomic E-state index is 12.8. The van der Waals surface area contributed by atoms with E-state index in [-0.39, 0.29) is 16.8 Å². The highest BCUT2D eigenvalue weighted by atomic mass is 35.5. The summed E-state index contributed by atoms with van der Waals surface area (Å²) in [5.74, 6) is 0.0721. The van der Waals surface area contributed by atoms with Crippen LogP contribution in [0.4, 0.5) is 0 Å². The van der Waals surface area contributed by atoms with E-state index in [1.807, 2.05) is 20.8 Å². The van der Waals surface area contributed by atoms with Gasteiger partial charge in [-0.05, 0) is 49.9 Å². The molecule has 2 atom stereocenters. The number of nitrogens with one attached hydrogen (secondary N) is 1. The van der Waals surface area contributed by atoms with Crippen molar-refractivity contribution in [3.05, 3.63) is 29.3 Å². The second-order valence-corrected chi connectivity index (χ2v) is 8.60. The van der Waals surface area contributed by atoms with Crippen molar-refractivity contribution >= 4 is 27.5 Å². The lowest BCUT2D eigenvalue weighted by Gasteiger charge is -2.26. The third-order valence-electron chi connectivity index (χ3n) is 4.30. The van der Waals surface area contributed by atoms with Crippen LogP contribution in [-0.2, 0) is 14.8 Å². The van der Waals surface area contributed by atoms with Crippen molar-refractivity contribution in [1.82, 2.24) is 9.62 Å². The van der Waals surface area contributed by atoms with E-state index >= 15 is 0 Å². The fourth-order valence-electron chi connectivity index (χ4n) is 2.52. The van der Waals surface area contributed by atoms with E-state index in [1.165, 1.54) is 16.4 Å². The number of nitrogens with zero attached hydrogens (tertiary/aromatic N) is 1. The van der Waals surface area contributed by atoms with Gasteiger partial charge in [0.1, 0.15) is 6.04 Å². The zero-order valence-electron chi connectivity index (χ0n) is 13.6. The van der Waals surface area contributed by atoms with Crippen LogP contribution in [0.2, 0.25) is 5.02 Å². The normalized spacial score (nSPS) is 20.7. The van der Waals surface area contributed by atoms with Crippen molar-refractivity contribution in [3.8, 4) is 0 Å². The lowest BCUT2D eigenvalue weighted by molar-refractivity contribution is -0.125. The van der Waals surface area contributed by atoms with Crippen molar-refractivity contribution in [2.24, 2.45) is 5.92 Å². The Labute approximate surface area is 143 Å². The van der Waals surface area contributed by atoms with Gasteiger partial charge in [0.05, 0.1) is 4.90 Å². The van der Waals surface area contributed by atoms with Gasteiger partial charge in [-0.15, -0.1) is 0 Å². The Bertz CT molecular complexity index is 658. The van der Waals surface area contributed by atoms with Crippen LogP contribution in [0.1, 0.15) is 33.6 Å². The molecule has 1 amide bonds. The van der Waals surface area contributed by atoms with Gasteiger partial charge in [-0.2, -0.15) is 4.31 Å². The molecule has 1 N–H and O–H groups in total. The molecule has 0 radical (unpaired) electrons. The highest BCUT2D eigenvalue weighted by Gasteiger charge is 2.39. The summed E-state index contributed by atoms with van der Waals surface area (Å²) in [4.78, 5) is 12.6. The van der Waals surface area contributed by atoms with E-state index in [0.717, 1.165) is 0 Å². The number of hydrogen-bond donors (Lipinski definition) is 1. The van der Waals surface area contributed by atoms with Gasteiger partial charge in [0, 0.05) is 17.6 Å². The van der Waals surface area contributed by atoms with Gasteiger partial charge in [-0.3, -0.25) is 4.79 Å². The fourth-order valence-corrected chi connectivity index (χ4v) is 4.30. The second kappa shape index (κ2) is 7.20. The summed E-state index contributed by atoms with van der Waals surface area (Å²) < 4.78 is 26.9. The number of benzene rings is 1. The van der Waals surface area contributed by atoms with Crippen molar-refractivity contribution in [2.45, 2.75) is 50.6 Å². The Balaban J connectivity index is 2.20. The number of sulfonamides is 1. The first-order chi connectivity index (χ1) is 10.7. The van der Waals surface area contributed by atoms with Gasteiger partial charge in [0.2, 0.25) is 15.9 Å². The molecule has 1 aromatic rings. The molecule has 1 aliphatic heterocycles. The monoisotopic (exact) mass is 358 g/mol. The molecular formula is C16H23ClN2O3S. The Morgan fingerprint density at radius 2 is 1.87 bits per heavy atom. The van der Waals surface area contributed by atoms with Crippen molar-refractivity contribution in [1.29, 1.82) is 0 Å². The third-order valence-corrected chi connectivity index (χ3v) is 6.47. The predicted octanol–water partition coefficient (Wildman–Crippen LogP) is 2.65. The highest BCUT2D eigenvalue weighted by Crippen LogP contribution is 2.27. The largest absolute Gasteiger partial charge is 0.352 e. The zero-order chi connectivity index (χ0) is 17.2. The van der Waals surface area contributed by atoms with E-state index in [2.05, 4.69) is 5.32 Å². The Hall–Kier alpha value is -1.11. The topological polar surface area (TPSA) is 66.5 Å². The molecule has 5 nitrogen and oxygen atoms in total. The number of amides is 1. The van der Waals surface area contributed by atoms with E-state index in [1.54, 1.807) is 12.1 Å².